The van der Waals surface area contributed by atoms with Crippen molar-refractivity contribution in [3.63, 3.8) is 0 Å². The van der Waals surface area contributed by atoms with Crippen molar-refractivity contribution in [3.05, 3.63) is 12.0 Å². The summed E-state index contributed by atoms with van der Waals surface area (Å²) in [5, 5.41) is 11.4. The highest BCUT2D eigenvalue weighted by molar-refractivity contribution is 7.89. The maximum atomic E-state index is 12.3. The van der Waals surface area contributed by atoms with E-state index in [0.29, 0.717) is 12.2 Å². The third-order valence-corrected chi connectivity index (χ3v) is 4.48. The van der Waals surface area contributed by atoms with E-state index >= 15 is 0 Å². The molecule has 1 aromatic rings. The maximum Gasteiger partial charge on any atom is 0.259 e. The summed E-state index contributed by atoms with van der Waals surface area (Å²) in [5.41, 5.74) is 5.42. The number of aryl methyl sites for hydroxylation is 2. The molecule has 0 bridgehead atoms. The molecule has 1 unspecified atom stereocenters. The second kappa shape index (κ2) is 7.41. The van der Waals surface area contributed by atoms with Crippen LogP contribution in [-0.4, -0.2) is 35.1 Å². The molecule has 8 nitrogen and oxygen atoms in total. The first kappa shape index (κ1) is 17.4. The Kier molecular flexibility index (Phi) is 6.16. The van der Waals surface area contributed by atoms with Gasteiger partial charge in [0, 0.05) is 25.2 Å². The van der Waals surface area contributed by atoms with Crippen molar-refractivity contribution in [2.24, 2.45) is 10.9 Å². The Morgan fingerprint density at radius 2 is 2.24 bits per heavy atom. The fourth-order valence-electron chi connectivity index (χ4n) is 1.92. The number of nitrogens with one attached hydrogen (secondary N) is 1. The van der Waals surface area contributed by atoms with Crippen LogP contribution in [-0.2, 0) is 16.6 Å². The fourth-order valence-corrected chi connectivity index (χ4v) is 3.25. The molecule has 0 fully saturated rings. The first-order valence-corrected chi connectivity index (χ1v) is 8.34. The Balaban J connectivity index is 2.92. The molecule has 1 aromatic heterocycles. The molecule has 0 saturated carbocycles. The number of nitrogens with zero attached hydrogens (tertiary/aromatic N) is 3. The molecule has 0 aliphatic heterocycles. The third kappa shape index (κ3) is 4.71. The molecule has 0 spiro atoms. The number of nitrogens with two attached hydrogens (primary N) is 1. The normalized spacial score (nSPS) is 14.3. The zero-order chi connectivity index (χ0) is 16.0. The standard InChI is InChI=1S/C12H23N5O3S/c1-4-6-17-8-12(14-9(17)3)21(19,20)16-10(5-2)7-11(13)15-18/h8,10,16,18H,4-7H2,1-3H3,(H2,13,15). The summed E-state index contributed by atoms with van der Waals surface area (Å²) in [7, 11) is -3.72. The van der Waals surface area contributed by atoms with Crippen LogP contribution in [0.5, 0.6) is 0 Å². The lowest BCUT2D eigenvalue weighted by molar-refractivity contribution is 0.316. The summed E-state index contributed by atoms with van der Waals surface area (Å²) in [6.45, 7) is 6.31. The molecule has 0 aliphatic carbocycles. The van der Waals surface area contributed by atoms with Crippen LogP contribution in [0.2, 0.25) is 0 Å². The van der Waals surface area contributed by atoms with Gasteiger partial charge < -0.3 is 15.5 Å². The van der Waals surface area contributed by atoms with E-state index in [4.69, 9.17) is 10.9 Å². The highest BCUT2D eigenvalue weighted by Crippen LogP contribution is 2.12. The van der Waals surface area contributed by atoms with E-state index in [1.54, 1.807) is 11.5 Å². The Labute approximate surface area is 125 Å². The van der Waals surface area contributed by atoms with E-state index < -0.39 is 16.1 Å². The lowest BCUT2D eigenvalue weighted by Crippen LogP contribution is -2.37. The number of rotatable bonds is 8. The summed E-state index contributed by atoms with van der Waals surface area (Å²) in [4.78, 5) is 4.09. The van der Waals surface area contributed by atoms with Gasteiger partial charge in [-0.15, -0.1) is 0 Å². The average Bonchev–Trinajstić information content (AvgIpc) is 2.80. The number of oxime groups is 1. The molecule has 0 saturated heterocycles. The van der Waals surface area contributed by atoms with Gasteiger partial charge in [0.1, 0.15) is 11.7 Å². The molecular weight excluding hydrogens is 294 g/mol. The molecule has 1 heterocycles. The zero-order valence-corrected chi connectivity index (χ0v) is 13.4. The van der Waals surface area contributed by atoms with Crippen molar-refractivity contribution in [1.29, 1.82) is 0 Å². The predicted molar refractivity (Wildman–Crippen MR) is 79.7 cm³/mol. The van der Waals surface area contributed by atoms with Crippen LogP contribution in [0.3, 0.4) is 0 Å². The fraction of sp³-hybridized carbons (Fsp3) is 0.667. The van der Waals surface area contributed by atoms with Gasteiger partial charge in [0.2, 0.25) is 0 Å². The molecule has 0 radical (unpaired) electrons. The maximum absolute atomic E-state index is 12.3. The molecule has 1 atom stereocenters. The van der Waals surface area contributed by atoms with E-state index in [1.165, 1.54) is 6.20 Å². The number of aromatic nitrogens is 2. The van der Waals surface area contributed by atoms with Crippen LogP contribution in [0.25, 0.3) is 0 Å². The second-order valence-electron chi connectivity index (χ2n) is 4.84. The third-order valence-electron chi connectivity index (χ3n) is 3.09. The van der Waals surface area contributed by atoms with E-state index in [9.17, 15) is 8.42 Å². The first-order chi connectivity index (χ1) is 9.83. The Bertz CT molecular complexity index is 594. The molecule has 21 heavy (non-hydrogen) atoms. The van der Waals surface area contributed by atoms with E-state index in [0.717, 1.165) is 13.0 Å². The van der Waals surface area contributed by atoms with Gasteiger partial charge >= 0.3 is 0 Å². The quantitative estimate of drug-likeness (QED) is 0.283. The summed E-state index contributed by atoms with van der Waals surface area (Å²) in [6, 6.07) is -0.442. The molecule has 0 aliphatic rings. The van der Waals surface area contributed by atoms with Gasteiger partial charge in [0.05, 0.1) is 0 Å². The first-order valence-electron chi connectivity index (χ1n) is 6.86. The summed E-state index contributed by atoms with van der Waals surface area (Å²) < 4.78 is 29.0. The number of hydrogen-bond acceptors (Lipinski definition) is 5. The Morgan fingerprint density at radius 3 is 2.76 bits per heavy atom. The molecule has 120 valence electrons. The molecule has 9 heteroatoms. The van der Waals surface area contributed by atoms with Crippen molar-refractivity contribution in [3.8, 4) is 0 Å². The van der Waals surface area contributed by atoms with Crippen molar-refractivity contribution in [1.82, 2.24) is 14.3 Å². The Morgan fingerprint density at radius 1 is 1.57 bits per heavy atom. The van der Waals surface area contributed by atoms with Crippen LogP contribution < -0.4 is 10.5 Å². The lowest BCUT2D eigenvalue weighted by Gasteiger charge is -2.15. The van der Waals surface area contributed by atoms with Crippen molar-refractivity contribution in [2.75, 3.05) is 0 Å². The van der Waals surface area contributed by atoms with Crippen LogP contribution in [0.4, 0.5) is 0 Å². The van der Waals surface area contributed by atoms with Crippen LogP contribution in [0, 0.1) is 6.92 Å². The van der Waals surface area contributed by atoms with Crippen molar-refractivity contribution >= 4 is 15.9 Å². The van der Waals surface area contributed by atoms with Gasteiger partial charge in [-0.2, -0.15) is 0 Å². The molecule has 0 aromatic carbocycles. The smallest absolute Gasteiger partial charge is 0.259 e. The van der Waals surface area contributed by atoms with Crippen LogP contribution in [0.15, 0.2) is 16.4 Å². The van der Waals surface area contributed by atoms with E-state index in [1.807, 2.05) is 13.8 Å². The molecular formula is C12H23N5O3S. The van der Waals surface area contributed by atoms with Crippen LogP contribution >= 0.6 is 0 Å². The summed E-state index contributed by atoms with van der Waals surface area (Å²) in [5.74, 6) is 0.638. The average molecular weight is 317 g/mol. The highest BCUT2D eigenvalue weighted by atomic mass is 32.2. The van der Waals surface area contributed by atoms with Crippen molar-refractivity contribution in [2.45, 2.75) is 57.6 Å². The largest absolute Gasteiger partial charge is 0.409 e. The van der Waals surface area contributed by atoms with Crippen molar-refractivity contribution < 1.29 is 13.6 Å². The zero-order valence-electron chi connectivity index (χ0n) is 12.6. The van der Waals surface area contributed by atoms with Gasteiger partial charge in [-0.3, -0.25) is 0 Å². The summed E-state index contributed by atoms with van der Waals surface area (Å²) in [6.07, 6.45) is 3.08. The lowest BCUT2D eigenvalue weighted by atomic mass is 10.1. The minimum atomic E-state index is -3.72. The van der Waals surface area contributed by atoms with Crippen LogP contribution in [0.1, 0.15) is 38.9 Å². The minimum absolute atomic E-state index is 0.00795. The topological polar surface area (TPSA) is 123 Å². The van der Waals surface area contributed by atoms with Gasteiger partial charge in [0.15, 0.2) is 5.03 Å². The minimum Gasteiger partial charge on any atom is -0.409 e. The van der Waals surface area contributed by atoms with Gasteiger partial charge in [-0.05, 0) is 19.8 Å². The van der Waals surface area contributed by atoms with Gasteiger partial charge in [0.25, 0.3) is 10.0 Å². The highest BCUT2D eigenvalue weighted by Gasteiger charge is 2.23. The number of amidine groups is 1. The Hall–Kier alpha value is -1.61. The second-order valence-corrected chi connectivity index (χ2v) is 6.50. The SMILES string of the molecule is CCCn1cc(S(=O)(=O)NC(CC)CC(N)=NO)nc1C. The number of imidazole rings is 1. The monoisotopic (exact) mass is 317 g/mol. The molecule has 0 amide bonds. The van der Waals surface area contributed by atoms with E-state index in [-0.39, 0.29) is 17.3 Å². The number of hydrogen-bond donors (Lipinski definition) is 3. The summed E-state index contributed by atoms with van der Waals surface area (Å²) >= 11 is 0. The van der Waals surface area contributed by atoms with E-state index in [2.05, 4.69) is 14.9 Å². The molecule has 4 N–H and O–H groups in total. The van der Waals surface area contributed by atoms with Gasteiger partial charge in [-0.1, -0.05) is 19.0 Å². The molecule has 1 rings (SSSR count). The van der Waals surface area contributed by atoms with Gasteiger partial charge in [-0.25, -0.2) is 18.1 Å². The number of sulfonamides is 1. The predicted octanol–water partition coefficient (Wildman–Crippen LogP) is 0.795.